The molecule has 0 unspecified atom stereocenters. The SMILES string of the molecule is Nc1ccnc2c(=O)[nH][nH]c(=O)c12. The normalized spacial score (nSPS) is 10.5. The quantitative estimate of drug-likeness (QED) is 0.490. The lowest BCUT2D eigenvalue weighted by Gasteiger charge is -1.96. The molecule has 0 fully saturated rings. The molecule has 13 heavy (non-hydrogen) atoms. The summed E-state index contributed by atoms with van der Waals surface area (Å²) in [6, 6.07) is 1.47. The average Bonchev–Trinajstić information content (AvgIpc) is 2.12. The Labute approximate surface area is 71.4 Å². The molecule has 0 bridgehead atoms. The first-order valence-electron chi connectivity index (χ1n) is 3.55. The van der Waals surface area contributed by atoms with Crippen molar-refractivity contribution in [2.75, 3.05) is 5.73 Å². The maximum absolute atomic E-state index is 11.2. The van der Waals surface area contributed by atoms with Crippen molar-refractivity contribution in [2.45, 2.75) is 0 Å². The molecule has 0 radical (unpaired) electrons. The highest BCUT2D eigenvalue weighted by atomic mass is 16.1. The maximum Gasteiger partial charge on any atom is 0.289 e. The molecule has 0 amide bonds. The van der Waals surface area contributed by atoms with Crippen molar-refractivity contribution in [1.29, 1.82) is 0 Å². The fraction of sp³-hybridized carbons (Fsp3) is 0. The van der Waals surface area contributed by atoms with Crippen LogP contribution in [0.4, 0.5) is 5.69 Å². The smallest absolute Gasteiger partial charge is 0.289 e. The zero-order chi connectivity index (χ0) is 9.42. The fourth-order valence-electron chi connectivity index (χ4n) is 1.12. The highest BCUT2D eigenvalue weighted by Gasteiger charge is 2.05. The van der Waals surface area contributed by atoms with Gasteiger partial charge >= 0.3 is 0 Å². The van der Waals surface area contributed by atoms with Crippen molar-refractivity contribution >= 4 is 16.6 Å². The van der Waals surface area contributed by atoms with E-state index in [4.69, 9.17) is 5.73 Å². The summed E-state index contributed by atoms with van der Waals surface area (Å²) in [6.07, 6.45) is 1.38. The molecule has 0 spiro atoms. The first kappa shape index (κ1) is 7.53. The van der Waals surface area contributed by atoms with Gasteiger partial charge in [-0.15, -0.1) is 0 Å². The third-order valence-corrected chi connectivity index (χ3v) is 1.71. The molecule has 0 aliphatic carbocycles. The molecule has 0 atom stereocenters. The molecule has 6 heteroatoms. The number of nitrogens with one attached hydrogen (secondary N) is 2. The molecule has 6 nitrogen and oxygen atoms in total. The number of anilines is 1. The van der Waals surface area contributed by atoms with Crippen LogP contribution < -0.4 is 16.9 Å². The van der Waals surface area contributed by atoms with Gasteiger partial charge in [-0.05, 0) is 6.07 Å². The molecule has 0 saturated heterocycles. The molecular formula is C7H6N4O2. The number of hydrogen-bond donors (Lipinski definition) is 3. The Morgan fingerprint density at radius 3 is 2.62 bits per heavy atom. The second-order valence-electron chi connectivity index (χ2n) is 2.53. The van der Waals surface area contributed by atoms with Gasteiger partial charge in [0.1, 0.15) is 5.52 Å². The summed E-state index contributed by atoms with van der Waals surface area (Å²) in [6.45, 7) is 0. The Morgan fingerprint density at radius 1 is 1.23 bits per heavy atom. The van der Waals surface area contributed by atoms with Gasteiger partial charge in [0.05, 0.1) is 5.39 Å². The Kier molecular flexibility index (Phi) is 1.42. The van der Waals surface area contributed by atoms with E-state index in [0.717, 1.165) is 0 Å². The highest BCUT2D eigenvalue weighted by Crippen LogP contribution is 2.08. The first-order valence-corrected chi connectivity index (χ1v) is 3.55. The zero-order valence-electron chi connectivity index (χ0n) is 6.50. The van der Waals surface area contributed by atoms with Crippen LogP contribution in [0.5, 0.6) is 0 Å². The first-order chi connectivity index (χ1) is 6.20. The molecule has 0 aliphatic rings. The van der Waals surface area contributed by atoms with Gasteiger partial charge < -0.3 is 5.73 Å². The van der Waals surface area contributed by atoms with Gasteiger partial charge in [0.15, 0.2) is 0 Å². The summed E-state index contributed by atoms with van der Waals surface area (Å²) in [4.78, 5) is 26.1. The number of aromatic nitrogens is 3. The van der Waals surface area contributed by atoms with Crippen molar-refractivity contribution in [3.8, 4) is 0 Å². The lowest BCUT2D eigenvalue weighted by atomic mass is 10.2. The van der Waals surface area contributed by atoms with Gasteiger partial charge in [0.2, 0.25) is 0 Å². The van der Waals surface area contributed by atoms with E-state index in [2.05, 4.69) is 15.2 Å². The molecule has 0 aliphatic heterocycles. The van der Waals surface area contributed by atoms with Gasteiger partial charge in [-0.1, -0.05) is 0 Å². The lowest BCUT2D eigenvalue weighted by molar-refractivity contribution is 0.970. The van der Waals surface area contributed by atoms with Crippen molar-refractivity contribution < 1.29 is 0 Å². The van der Waals surface area contributed by atoms with Crippen LogP contribution in [0.3, 0.4) is 0 Å². The van der Waals surface area contributed by atoms with E-state index in [1.54, 1.807) is 0 Å². The van der Waals surface area contributed by atoms with Crippen molar-refractivity contribution in [2.24, 2.45) is 0 Å². The van der Waals surface area contributed by atoms with E-state index in [1.165, 1.54) is 12.3 Å². The van der Waals surface area contributed by atoms with Gasteiger partial charge in [-0.25, -0.2) is 0 Å². The number of aromatic amines is 2. The predicted molar refractivity (Wildman–Crippen MR) is 47.4 cm³/mol. The lowest BCUT2D eigenvalue weighted by Crippen LogP contribution is -2.20. The van der Waals surface area contributed by atoms with Crippen LogP contribution in [0, 0.1) is 0 Å². The topological polar surface area (TPSA) is 105 Å². The van der Waals surface area contributed by atoms with Crippen molar-refractivity contribution in [3.63, 3.8) is 0 Å². The van der Waals surface area contributed by atoms with Crippen LogP contribution in [0.15, 0.2) is 21.9 Å². The number of nitrogens with two attached hydrogens (primary N) is 1. The minimum absolute atomic E-state index is 0.0590. The number of pyridine rings is 1. The summed E-state index contributed by atoms with van der Waals surface area (Å²) >= 11 is 0. The molecule has 2 heterocycles. The van der Waals surface area contributed by atoms with E-state index < -0.39 is 11.1 Å². The van der Waals surface area contributed by atoms with Gasteiger partial charge in [0, 0.05) is 11.9 Å². The summed E-state index contributed by atoms with van der Waals surface area (Å²) < 4.78 is 0. The van der Waals surface area contributed by atoms with Crippen LogP contribution in [0.2, 0.25) is 0 Å². The standard InChI is InChI=1S/C7H6N4O2/c8-3-1-2-9-5-4(3)6(12)10-11-7(5)13/h1-2H,(H2,8,9)(H,10,12)(H,11,13). The maximum atomic E-state index is 11.2. The van der Waals surface area contributed by atoms with Crippen LogP contribution in [-0.4, -0.2) is 15.2 Å². The molecule has 0 saturated carbocycles. The minimum atomic E-state index is -0.457. The van der Waals surface area contributed by atoms with Crippen molar-refractivity contribution in [3.05, 3.63) is 33.0 Å². The van der Waals surface area contributed by atoms with E-state index >= 15 is 0 Å². The summed E-state index contributed by atoms with van der Waals surface area (Å²) in [5.74, 6) is 0. The molecule has 2 aromatic heterocycles. The molecule has 0 aromatic carbocycles. The highest BCUT2D eigenvalue weighted by molar-refractivity contribution is 5.87. The second kappa shape index (κ2) is 2.44. The van der Waals surface area contributed by atoms with Crippen LogP contribution >= 0.6 is 0 Å². The molecular weight excluding hydrogens is 172 g/mol. The molecule has 66 valence electrons. The fourth-order valence-corrected chi connectivity index (χ4v) is 1.12. The number of nitrogen functional groups attached to an aromatic ring is 1. The summed E-state index contributed by atoms with van der Waals surface area (Å²) in [5, 5.41) is 4.46. The van der Waals surface area contributed by atoms with E-state index in [9.17, 15) is 9.59 Å². The number of nitrogens with zero attached hydrogens (tertiary/aromatic N) is 1. The Balaban J connectivity index is 3.19. The minimum Gasteiger partial charge on any atom is -0.398 e. The largest absolute Gasteiger partial charge is 0.398 e. The van der Waals surface area contributed by atoms with Gasteiger partial charge in [-0.3, -0.25) is 24.8 Å². The van der Waals surface area contributed by atoms with Crippen LogP contribution in [-0.2, 0) is 0 Å². The van der Waals surface area contributed by atoms with E-state index in [1.807, 2.05) is 0 Å². The van der Waals surface area contributed by atoms with Gasteiger partial charge in [0.25, 0.3) is 11.1 Å². The second-order valence-corrected chi connectivity index (χ2v) is 2.53. The summed E-state index contributed by atoms with van der Waals surface area (Å²) in [5.41, 5.74) is 4.92. The molecule has 2 rings (SSSR count). The monoisotopic (exact) mass is 178 g/mol. The number of rotatable bonds is 0. The Hall–Kier alpha value is -2.11. The number of fused-ring (bicyclic) bond motifs is 1. The number of H-pyrrole nitrogens is 2. The van der Waals surface area contributed by atoms with E-state index in [-0.39, 0.29) is 16.6 Å². The van der Waals surface area contributed by atoms with Crippen LogP contribution in [0.1, 0.15) is 0 Å². The van der Waals surface area contributed by atoms with Crippen molar-refractivity contribution in [1.82, 2.24) is 15.2 Å². The zero-order valence-corrected chi connectivity index (χ0v) is 6.50. The Morgan fingerprint density at radius 2 is 1.92 bits per heavy atom. The third kappa shape index (κ3) is 0.994. The van der Waals surface area contributed by atoms with E-state index in [0.29, 0.717) is 0 Å². The third-order valence-electron chi connectivity index (χ3n) is 1.71. The number of hydrogen-bond acceptors (Lipinski definition) is 4. The molecule has 4 N–H and O–H groups in total. The van der Waals surface area contributed by atoms with Crippen LogP contribution in [0.25, 0.3) is 10.9 Å². The summed E-state index contributed by atoms with van der Waals surface area (Å²) in [7, 11) is 0. The predicted octanol–water partition coefficient (Wildman–Crippen LogP) is -0.806. The average molecular weight is 178 g/mol. The molecule has 2 aromatic rings. The Bertz CT molecular complexity index is 568. The van der Waals surface area contributed by atoms with Gasteiger partial charge in [-0.2, -0.15) is 0 Å².